The lowest BCUT2D eigenvalue weighted by Gasteiger charge is -2.34. The van der Waals surface area contributed by atoms with E-state index in [1.807, 2.05) is 41.3 Å². The first-order valence-corrected chi connectivity index (χ1v) is 10.3. The van der Waals surface area contributed by atoms with Crippen LogP contribution in [-0.2, 0) is 6.54 Å². The molecule has 1 N–H and O–H groups in total. The number of piperazine rings is 1. The second kappa shape index (κ2) is 8.31. The van der Waals surface area contributed by atoms with Crippen LogP contribution in [0.5, 0.6) is 17.2 Å². The number of methoxy groups -OCH3 is 1. The van der Waals surface area contributed by atoms with E-state index >= 15 is 0 Å². The Morgan fingerprint density at radius 1 is 1.06 bits per heavy atom. The summed E-state index contributed by atoms with van der Waals surface area (Å²) < 4.78 is 16.1. The lowest BCUT2D eigenvalue weighted by atomic mass is 10.1. The molecule has 3 heterocycles. The number of rotatable bonds is 5. The number of benzene rings is 2. The standard InChI is InChI=1S/C23H24N4O4/c1-29-18-4-2-3-17(12-18)19-13-20(25-24-19)23(28)27-9-7-26(8-10-27)14-16-5-6-21-22(11-16)31-15-30-21/h2-6,11-13H,7-10,14-15H2,1H3,(H,24,25). The molecule has 1 aromatic heterocycles. The van der Waals surface area contributed by atoms with Crippen molar-refractivity contribution in [2.45, 2.75) is 6.54 Å². The number of H-pyrrole nitrogens is 1. The van der Waals surface area contributed by atoms with E-state index in [1.165, 1.54) is 5.56 Å². The minimum absolute atomic E-state index is 0.0237. The number of carbonyl (C=O) groups excluding carboxylic acids is 1. The summed E-state index contributed by atoms with van der Waals surface area (Å²) in [7, 11) is 1.63. The van der Waals surface area contributed by atoms with Gasteiger partial charge in [0.05, 0.1) is 12.8 Å². The van der Waals surface area contributed by atoms with Gasteiger partial charge in [0, 0.05) is 38.3 Å². The molecular formula is C23H24N4O4. The summed E-state index contributed by atoms with van der Waals surface area (Å²) in [5, 5.41) is 7.21. The number of hydrogen-bond donors (Lipinski definition) is 1. The van der Waals surface area contributed by atoms with E-state index in [0.29, 0.717) is 18.8 Å². The van der Waals surface area contributed by atoms with E-state index in [1.54, 1.807) is 13.2 Å². The van der Waals surface area contributed by atoms with Gasteiger partial charge in [-0.3, -0.25) is 14.8 Å². The normalized spacial score (nSPS) is 15.8. The Bertz CT molecular complexity index is 1090. The summed E-state index contributed by atoms with van der Waals surface area (Å²) >= 11 is 0. The molecule has 1 amide bonds. The van der Waals surface area contributed by atoms with Crippen molar-refractivity contribution in [2.24, 2.45) is 0 Å². The Kier molecular flexibility index (Phi) is 5.21. The van der Waals surface area contributed by atoms with E-state index in [4.69, 9.17) is 14.2 Å². The highest BCUT2D eigenvalue weighted by Gasteiger charge is 2.24. The van der Waals surface area contributed by atoms with Crippen LogP contribution >= 0.6 is 0 Å². The van der Waals surface area contributed by atoms with Gasteiger partial charge in [-0.15, -0.1) is 0 Å². The molecule has 0 unspecified atom stereocenters. The molecule has 1 fully saturated rings. The van der Waals surface area contributed by atoms with E-state index < -0.39 is 0 Å². The molecule has 0 aliphatic carbocycles. The molecule has 5 rings (SSSR count). The number of carbonyl (C=O) groups is 1. The average Bonchev–Trinajstić information content (AvgIpc) is 3.49. The molecule has 0 radical (unpaired) electrons. The maximum atomic E-state index is 12.9. The smallest absolute Gasteiger partial charge is 0.271 e. The minimum Gasteiger partial charge on any atom is -0.497 e. The first kappa shape index (κ1) is 19.4. The molecule has 8 nitrogen and oxygen atoms in total. The van der Waals surface area contributed by atoms with Crippen LogP contribution in [0.4, 0.5) is 0 Å². The van der Waals surface area contributed by atoms with E-state index in [0.717, 1.165) is 48.1 Å². The van der Waals surface area contributed by atoms with Gasteiger partial charge in [-0.25, -0.2) is 0 Å². The van der Waals surface area contributed by atoms with Gasteiger partial charge in [-0.2, -0.15) is 5.10 Å². The van der Waals surface area contributed by atoms with E-state index in [9.17, 15) is 4.79 Å². The highest BCUT2D eigenvalue weighted by Crippen LogP contribution is 2.33. The molecular weight excluding hydrogens is 396 g/mol. The minimum atomic E-state index is -0.0237. The molecule has 0 atom stereocenters. The fourth-order valence-electron chi connectivity index (χ4n) is 3.94. The highest BCUT2D eigenvalue weighted by atomic mass is 16.7. The lowest BCUT2D eigenvalue weighted by molar-refractivity contribution is 0.0622. The molecule has 3 aromatic rings. The molecule has 2 aromatic carbocycles. The third-order valence-corrected chi connectivity index (χ3v) is 5.68. The topological polar surface area (TPSA) is 79.9 Å². The third-order valence-electron chi connectivity index (χ3n) is 5.68. The van der Waals surface area contributed by atoms with Crippen LogP contribution in [0.15, 0.2) is 48.5 Å². The lowest BCUT2D eigenvalue weighted by Crippen LogP contribution is -2.48. The maximum absolute atomic E-state index is 12.9. The van der Waals surface area contributed by atoms with Gasteiger partial charge in [0.15, 0.2) is 11.5 Å². The predicted octanol–water partition coefficient (Wildman–Crippen LogP) is 2.77. The summed E-state index contributed by atoms with van der Waals surface area (Å²) in [5.74, 6) is 2.33. The van der Waals surface area contributed by atoms with Crippen LogP contribution < -0.4 is 14.2 Å². The summed E-state index contributed by atoms with van der Waals surface area (Å²) in [4.78, 5) is 17.2. The van der Waals surface area contributed by atoms with Crippen LogP contribution in [0, 0.1) is 0 Å². The number of amides is 1. The monoisotopic (exact) mass is 420 g/mol. The maximum Gasteiger partial charge on any atom is 0.271 e. The number of aromatic nitrogens is 2. The second-order valence-electron chi connectivity index (χ2n) is 7.65. The van der Waals surface area contributed by atoms with Crippen LogP contribution in [-0.4, -0.2) is 66.0 Å². The van der Waals surface area contributed by atoms with Crippen molar-refractivity contribution in [3.8, 4) is 28.5 Å². The largest absolute Gasteiger partial charge is 0.497 e. The van der Waals surface area contributed by atoms with Crippen molar-refractivity contribution in [3.63, 3.8) is 0 Å². The molecule has 0 saturated carbocycles. The SMILES string of the molecule is COc1cccc(-c2cc(C(=O)N3CCN(Cc4ccc5c(c4)OCO5)CC3)[nH]n2)c1. The molecule has 0 bridgehead atoms. The quantitative estimate of drug-likeness (QED) is 0.684. The number of fused-ring (bicyclic) bond motifs is 1. The van der Waals surface area contributed by atoms with Crippen LogP contribution in [0.1, 0.15) is 16.1 Å². The number of hydrogen-bond acceptors (Lipinski definition) is 6. The number of aromatic amines is 1. The van der Waals surface area contributed by atoms with Gasteiger partial charge >= 0.3 is 0 Å². The average molecular weight is 420 g/mol. The zero-order valence-corrected chi connectivity index (χ0v) is 17.3. The van der Waals surface area contributed by atoms with Gasteiger partial charge in [0.25, 0.3) is 5.91 Å². The molecule has 1 saturated heterocycles. The fraction of sp³-hybridized carbons (Fsp3) is 0.304. The zero-order chi connectivity index (χ0) is 21.2. The molecule has 31 heavy (non-hydrogen) atoms. The van der Waals surface area contributed by atoms with Crippen LogP contribution in [0.2, 0.25) is 0 Å². The Morgan fingerprint density at radius 3 is 2.74 bits per heavy atom. The molecule has 160 valence electrons. The van der Waals surface area contributed by atoms with Crippen LogP contribution in [0.25, 0.3) is 11.3 Å². The zero-order valence-electron chi connectivity index (χ0n) is 17.3. The summed E-state index contributed by atoms with van der Waals surface area (Å²) in [6.45, 7) is 4.09. The number of nitrogens with one attached hydrogen (secondary N) is 1. The fourth-order valence-corrected chi connectivity index (χ4v) is 3.94. The number of nitrogens with zero attached hydrogens (tertiary/aromatic N) is 3. The first-order valence-electron chi connectivity index (χ1n) is 10.3. The van der Waals surface area contributed by atoms with Crippen molar-refractivity contribution in [2.75, 3.05) is 40.1 Å². The van der Waals surface area contributed by atoms with E-state index in [-0.39, 0.29) is 12.7 Å². The van der Waals surface area contributed by atoms with E-state index in [2.05, 4.69) is 21.2 Å². The Morgan fingerprint density at radius 2 is 1.90 bits per heavy atom. The summed E-state index contributed by atoms with van der Waals surface area (Å²) in [6.07, 6.45) is 0. The molecule has 2 aliphatic heterocycles. The van der Waals surface area contributed by atoms with Gasteiger partial charge < -0.3 is 19.1 Å². The van der Waals surface area contributed by atoms with Crippen molar-refractivity contribution < 1.29 is 19.0 Å². The van der Waals surface area contributed by atoms with Crippen molar-refractivity contribution in [3.05, 3.63) is 59.8 Å². The molecule has 2 aliphatic rings. The molecule has 0 spiro atoms. The van der Waals surface area contributed by atoms with Gasteiger partial charge in [-0.1, -0.05) is 18.2 Å². The Hall–Kier alpha value is -3.52. The molecule has 8 heteroatoms. The third kappa shape index (κ3) is 4.06. The van der Waals surface area contributed by atoms with Crippen molar-refractivity contribution in [1.29, 1.82) is 0 Å². The highest BCUT2D eigenvalue weighted by molar-refractivity contribution is 5.93. The van der Waals surface area contributed by atoms with Gasteiger partial charge in [0.2, 0.25) is 6.79 Å². The second-order valence-corrected chi connectivity index (χ2v) is 7.65. The first-order chi connectivity index (χ1) is 15.2. The Labute approximate surface area is 180 Å². The van der Waals surface area contributed by atoms with Gasteiger partial charge in [-0.05, 0) is 35.9 Å². The summed E-state index contributed by atoms with van der Waals surface area (Å²) in [6, 6.07) is 15.5. The van der Waals surface area contributed by atoms with Gasteiger partial charge in [0.1, 0.15) is 11.4 Å². The predicted molar refractivity (Wildman–Crippen MR) is 114 cm³/mol. The summed E-state index contributed by atoms with van der Waals surface area (Å²) in [5.41, 5.74) is 3.31. The number of ether oxygens (including phenoxy) is 3. The van der Waals surface area contributed by atoms with Crippen molar-refractivity contribution in [1.82, 2.24) is 20.0 Å². The van der Waals surface area contributed by atoms with Crippen molar-refractivity contribution >= 4 is 5.91 Å². The van der Waals surface area contributed by atoms with Crippen LogP contribution in [0.3, 0.4) is 0 Å². The Balaban J connectivity index is 1.19.